The standard InChI is InChI=1S/C15H12N2O8/c1-9(15(18)19)24-11-3-5-12(6-4-11)25-14-7-2-10(16(20)21)8-13(14)17(22)23/h2-9H,1H3,(H,18,19)/t9-/m1/s1. The molecule has 10 heteroatoms. The maximum atomic E-state index is 11.1. The van der Waals surface area contributed by atoms with Crippen LogP contribution < -0.4 is 9.47 Å². The van der Waals surface area contributed by atoms with Crippen molar-refractivity contribution in [2.24, 2.45) is 0 Å². The zero-order chi connectivity index (χ0) is 18.6. The van der Waals surface area contributed by atoms with Gasteiger partial charge in [-0.1, -0.05) is 0 Å². The van der Waals surface area contributed by atoms with E-state index < -0.39 is 33.3 Å². The Kier molecular flexibility index (Phi) is 5.12. The number of carbonyl (C=O) groups is 1. The minimum atomic E-state index is -1.12. The van der Waals surface area contributed by atoms with Gasteiger partial charge in [-0.2, -0.15) is 0 Å². The van der Waals surface area contributed by atoms with Crippen molar-refractivity contribution in [3.8, 4) is 17.2 Å². The van der Waals surface area contributed by atoms with E-state index in [1.54, 1.807) is 0 Å². The molecule has 0 aromatic heterocycles. The highest BCUT2D eigenvalue weighted by molar-refractivity contribution is 5.72. The van der Waals surface area contributed by atoms with E-state index in [1.807, 2.05) is 0 Å². The fraction of sp³-hybridized carbons (Fsp3) is 0.133. The number of hydrogen-bond acceptors (Lipinski definition) is 7. The number of carboxylic acid groups (broad SMARTS) is 1. The van der Waals surface area contributed by atoms with Crippen molar-refractivity contribution in [1.29, 1.82) is 0 Å². The molecule has 0 aliphatic heterocycles. The van der Waals surface area contributed by atoms with Crippen LogP contribution >= 0.6 is 0 Å². The lowest BCUT2D eigenvalue weighted by Gasteiger charge is -2.11. The number of aliphatic carboxylic acids is 1. The lowest BCUT2D eigenvalue weighted by atomic mass is 10.2. The van der Waals surface area contributed by atoms with Gasteiger partial charge >= 0.3 is 11.7 Å². The van der Waals surface area contributed by atoms with Crippen molar-refractivity contribution in [2.75, 3.05) is 0 Å². The summed E-state index contributed by atoms with van der Waals surface area (Å²) in [7, 11) is 0. The van der Waals surface area contributed by atoms with Crippen LogP contribution in [0.1, 0.15) is 6.92 Å². The normalized spacial score (nSPS) is 11.4. The van der Waals surface area contributed by atoms with Gasteiger partial charge in [0.15, 0.2) is 6.10 Å². The molecule has 0 aliphatic carbocycles. The predicted molar refractivity (Wildman–Crippen MR) is 84.0 cm³/mol. The topological polar surface area (TPSA) is 142 Å². The summed E-state index contributed by atoms with van der Waals surface area (Å²) >= 11 is 0. The smallest absolute Gasteiger partial charge is 0.344 e. The van der Waals surface area contributed by atoms with Crippen molar-refractivity contribution >= 4 is 17.3 Å². The minimum Gasteiger partial charge on any atom is -0.479 e. The molecule has 0 unspecified atom stereocenters. The summed E-state index contributed by atoms with van der Waals surface area (Å²) in [6, 6.07) is 8.75. The molecule has 25 heavy (non-hydrogen) atoms. The number of carboxylic acids is 1. The minimum absolute atomic E-state index is 0.164. The average molecular weight is 348 g/mol. The third kappa shape index (κ3) is 4.41. The maximum absolute atomic E-state index is 11.1. The van der Waals surface area contributed by atoms with Crippen molar-refractivity contribution in [2.45, 2.75) is 13.0 Å². The molecule has 0 spiro atoms. The Morgan fingerprint density at radius 3 is 2.16 bits per heavy atom. The van der Waals surface area contributed by atoms with E-state index in [1.165, 1.54) is 31.2 Å². The Morgan fingerprint density at radius 2 is 1.64 bits per heavy atom. The molecular weight excluding hydrogens is 336 g/mol. The first-order valence-corrected chi connectivity index (χ1v) is 6.88. The fourth-order valence-corrected chi connectivity index (χ4v) is 1.82. The van der Waals surface area contributed by atoms with Crippen LogP contribution in [0.2, 0.25) is 0 Å². The molecule has 130 valence electrons. The molecule has 2 aromatic carbocycles. The maximum Gasteiger partial charge on any atom is 0.344 e. The van der Waals surface area contributed by atoms with Gasteiger partial charge in [0, 0.05) is 6.07 Å². The van der Waals surface area contributed by atoms with Gasteiger partial charge in [0.25, 0.3) is 5.69 Å². The summed E-state index contributed by atoms with van der Waals surface area (Å²) in [6.07, 6.45) is -1.04. The van der Waals surface area contributed by atoms with Gasteiger partial charge < -0.3 is 14.6 Å². The van der Waals surface area contributed by atoms with Gasteiger partial charge in [-0.3, -0.25) is 20.2 Å². The first-order chi connectivity index (χ1) is 11.8. The molecule has 0 heterocycles. The Labute approximate surface area is 140 Å². The lowest BCUT2D eigenvalue weighted by Crippen LogP contribution is -2.22. The van der Waals surface area contributed by atoms with Gasteiger partial charge in [0.2, 0.25) is 5.75 Å². The zero-order valence-corrected chi connectivity index (χ0v) is 12.8. The second-order valence-corrected chi connectivity index (χ2v) is 4.84. The van der Waals surface area contributed by atoms with E-state index in [0.717, 1.165) is 18.2 Å². The number of nitro benzene ring substituents is 2. The Hall–Kier alpha value is -3.69. The van der Waals surface area contributed by atoms with Gasteiger partial charge in [0.1, 0.15) is 11.5 Å². The highest BCUT2D eigenvalue weighted by Gasteiger charge is 2.21. The average Bonchev–Trinajstić information content (AvgIpc) is 2.56. The molecule has 0 fully saturated rings. The second-order valence-electron chi connectivity index (χ2n) is 4.84. The van der Waals surface area contributed by atoms with Crippen LogP contribution in [0.3, 0.4) is 0 Å². The van der Waals surface area contributed by atoms with Gasteiger partial charge in [0.05, 0.1) is 15.9 Å². The van der Waals surface area contributed by atoms with Crippen LogP contribution in [-0.4, -0.2) is 27.0 Å². The van der Waals surface area contributed by atoms with E-state index in [9.17, 15) is 25.0 Å². The van der Waals surface area contributed by atoms with E-state index in [2.05, 4.69) is 0 Å². The van der Waals surface area contributed by atoms with Crippen molar-refractivity contribution < 1.29 is 29.2 Å². The zero-order valence-electron chi connectivity index (χ0n) is 12.8. The third-order valence-electron chi connectivity index (χ3n) is 3.06. The molecule has 2 rings (SSSR count). The second kappa shape index (κ2) is 7.25. The molecule has 0 amide bonds. The lowest BCUT2D eigenvalue weighted by molar-refractivity contribution is -0.394. The van der Waals surface area contributed by atoms with Crippen LogP contribution in [0.25, 0.3) is 0 Å². The summed E-state index contributed by atoms with van der Waals surface area (Å²) in [5.41, 5.74) is -0.973. The summed E-state index contributed by atoms with van der Waals surface area (Å²) in [5, 5.41) is 30.5. The van der Waals surface area contributed by atoms with Gasteiger partial charge in [-0.25, -0.2) is 4.79 Å². The molecule has 0 saturated heterocycles. The summed E-state index contributed by atoms with van der Waals surface area (Å²) in [5.74, 6) is -0.794. The third-order valence-corrected chi connectivity index (χ3v) is 3.06. The summed E-state index contributed by atoms with van der Waals surface area (Å²) in [4.78, 5) is 31.0. The molecular formula is C15H12N2O8. The van der Waals surface area contributed by atoms with Gasteiger partial charge in [-0.15, -0.1) is 0 Å². The van der Waals surface area contributed by atoms with Crippen LogP contribution in [0.15, 0.2) is 42.5 Å². The summed E-state index contributed by atoms with van der Waals surface area (Å²) in [6.45, 7) is 1.37. The Balaban J connectivity index is 2.20. The highest BCUT2D eigenvalue weighted by Crippen LogP contribution is 2.34. The fourth-order valence-electron chi connectivity index (χ4n) is 1.82. The molecule has 1 atom stereocenters. The van der Waals surface area contributed by atoms with Crippen LogP contribution in [0.5, 0.6) is 17.2 Å². The van der Waals surface area contributed by atoms with E-state index in [0.29, 0.717) is 0 Å². The quantitative estimate of drug-likeness (QED) is 0.594. The van der Waals surface area contributed by atoms with Crippen molar-refractivity contribution in [3.05, 3.63) is 62.7 Å². The number of benzene rings is 2. The van der Waals surface area contributed by atoms with E-state index in [-0.39, 0.29) is 17.2 Å². The van der Waals surface area contributed by atoms with Crippen molar-refractivity contribution in [3.63, 3.8) is 0 Å². The molecule has 1 N–H and O–H groups in total. The molecule has 0 bridgehead atoms. The molecule has 0 aliphatic rings. The largest absolute Gasteiger partial charge is 0.479 e. The van der Waals surface area contributed by atoms with E-state index in [4.69, 9.17) is 14.6 Å². The molecule has 10 nitrogen and oxygen atoms in total. The number of hydrogen-bond donors (Lipinski definition) is 1. The first kappa shape index (κ1) is 17.7. The predicted octanol–water partition coefficient (Wildman–Crippen LogP) is 3.15. The van der Waals surface area contributed by atoms with Gasteiger partial charge in [-0.05, 0) is 37.3 Å². The molecule has 2 aromatic rings. The molecule has 0 saturated carbocycles. The van der Waals surface area contributed by atoms with Crippen LogP contribution in [0, 0.1) is 20.2 Å². The Morgan fingerprint density at radius 1 is 1.04 bits per heavy atom. The van der Waals surface area contributed by atoms with Crippen molar-refractivity contribution in [1.82, 2.24) is 0 Å². The van der Waals surface area contributed by atoms with E-state index >= 15 is 0 Å². The highest BCUT2D eigenvalue weighted by atomic mass is 16.6. The number of rotatable bonds is 7. The molecule has 0 radical (unpaired) electrons. The number of nitro groups is 2. The summed E-state index contributed by atoms with van der Waals surface area (Å²) < 4.78 is 10.5. The number of non-ortho nitro benzene ring substituents is 1. The number of nitrogens with zero attached hydrogens (tertiary/aromatic N) is 2. The Bertz CT molecular complexity index is 819. The van der Waals surface area contributed by atoms with Crippen LogP contribution in [-0.2, 0) is 4.79 Å². The van der Waals surface area contributed by atoms with Crippen LogP contribution in [0.4, 0.5) is 11.4 Å². The number of ether oxygens (including phenoxy) is 2. The first-order valence-electron chi connectivity index (χ1n) is 6.88. The SMILES string of the molecule is C[C@@H](Oc1ccc(Oc2ccc([N+](=O)[O-])cc2[N+](=O)[O-])cc1)C(=O)O. The monoisotopic (exact) mass is 348 g/mol.